The van der Waals surface area contributed by atoms with E-state index in [2.05, 4.69) is 5.32 Å². The normalized spacial score (nSPS) is 19.0. The van der Waals surface area contributed by atoms with Crippen molar-refractivity contribution in [3.63, 3.8) is 0 Å². The number of hydrogen-bond acceptors (Lipinski definition) is 3. The molecule has 1 atom stereocenters. The van der Waals surface area contributed by atoms with Crippen LogP contribution in [0.3, 0.4) is 0 Å². The molecule has 5 heteroatoms. The SMILES string of the molecule is CC(C)C(O)CNC(=O)C1(c2cccc(F)c2)CCOCC1. The van der Waals surface area contributed by atoms with Crippen LogP contribution in [-0.2, 0) is 14.9 Å². The molecule has 1 aliphatic rings. The van der Waals surface area contributed by atoms with E-state index in [-0.39, 0.29) is 24.2 Å². The summed E-state index contributed by atoms with van der Waals surface area (Å²) < 4.78 is 18.9. The molecular weight excluding hydrogens is 285 g/mol. The summed E-state index contributed by atoms with van der Waals surface area (Å²) in [7, 11) is 0. The van der Waals surface area contributed by atoms with Crippen LogP contribution in [0.25, 0.3) is 0 Å². The van der Waals surface area contributed by atoms with Crippen LogP contribution in [0.15, 0.2) is 24.3 Å². The summed E-state index contributed by atoms with van der Waals surface area (Å²) in [5.41, 5.74) is -0.107. The smallest absolute Gasteiger partial charge is 0.230 e. The van der Waals surface area contributed by atoms with E-state index in [9.17, 15) is 14.3 Å². The number of benzene rings is 1. The highest BCUT2D eigenvalue weighted by atomic mass is 19.1. The summed E-state index contributed by atoms with van der Waals surface area (Å²) in [6.07, 6.45) is 0.438. The molecule has 1 amide bonds. The number of ether oxygens (including phenoxy) is 1. The van der Waals surface area contributed by atoms with E-state index in [1.165, 1.54) is 12.1 Å². The zero-order valence-electron chi connectivity index (χ0n) is 13.1. The maximum Gasteiger partial charge on any atom is 0.230 e. The summed E-state index contributed by atoms with van der Waals surface area (Å²) >= 11 is 0. The Balaban J connectivity index is 2.20. The maximum atomic E-state index is 13.6. The van der Waals surface area contributed by atoms with Crippen molar-refractivity contribution in [1.82, 2.24) is 5.32 Å². The highest BCUT2D eigenvalue weighted by molar-refractivity contribution is 5.88. The number of amides is 1. The quantitative estimate of drug-likeness (QED) is 0.875. The molecule has 1 fully saturated rings. The lowest BCUT2D eigenvalue weighted by Crippen LogP contribution is -2.50. The molecule has 0 spiro atoms. The highest BCUT2D eigenvalue weighted by Crippen LogP contribution is 2.35. The van der Waals surface area contributed by atoms with Gasteiger partial charge in [-0.15, -0.1) is 0 Å². The van der Waals surface area contributed by atoms with Crippen LogP contribution in [0.5, 0.6) is 0 Å². The van der Waals surface area contributed by atoms with Gasteiger partial charge < -0.3 is 15.2 Å². The van der Waals surface area contributed by atoms with E-state index in [1.54, 1.807) is 12.1 Å². The number of carbonyl (C=O) groups excluding carboxylic acids is 1. The van der Waals surface area contributed by atoms with Crippen LogP contribution < -0.4 is 5.32 Å². The van der Waals surface area contributed by atoms with E-state index >= 15 is 0 Å². The van der Waals surface area contributed by atoms with Gasteiger partial charge in [0.1, 0.15) is 5.82 Å². The molecule has 122 valence electrons. The van der Waals surface area contributed by atoms with Gasteiger partial charge in [-0.05, 0) is 36.5 Å². The molecule has 1 saturated heterocycles. The third kappa shape index (κ3) is 3.65. The third-order valence-corrected chi connectivity index (χ3v) is 4.40. The average Bonchev–Trinajstić information content (AvgIpc) is 2.52. The number of halogens is 1. The fourth-order valence-electron chi connectivity index (χ4n) is 2.76. The van der Waals surface area contributed by atoms with Crippen LogP contribution in [0.1, 0.15) is 32.3 Å². The predicted molar refractivity (Wildman–Crippen MR) is 82.0 cm³/mol. The number of aliphatic hydroxyl groups excluding tert-OH is 1. The molecule has 1 unspecified atom stereocenters. The van der Waals surface area contributed by atoms with Gasteiger partial charge in [-0.2, -0.15) is 0 Å². The van der Waals surface area contributed by atoms with Gasteiger partial charge in [0.2, 0.25) is 5.91 Å². The number of carbonyl (C=O) groups is 1. The fourth-order valence-corrected chi connectivity index (χ4v) is 2.76. The minimum atomic E-state index is -0.781. The van der Waals surface area contributed by atoms with E-state index in [4.69, 9.17) is 4.74 Å². The minimum absolute atomic E-state index is 0.0695. The van der Waals surface area contributed by atoms with Crippen molar-refractivity contribution in [2.24, 2.45) is 5.92 Å². The van der Waals surface area contributed by atoms with Crippen LogP contribution in [0.4, 0.5) is 4.39 Å². The lowest BCUT2D eigenvalue weighted by Gasteiger charge is -2.36. The maximum absolute atomic E-state index is 13.6. The molecule has 2 N–H and O–H groups in total. The summed E-state index contributed by atoms with van der Waals surface area (Å²) in [5.74, 6) is -0.445. The zero-order valence-corrected chi connectivity index (χ0v) is 13.1. The summed E-state index contributed by atoms with van der Waals surface area (Å²) in [5, 5.41) is 12.7. The molecule has 22 heavy (non-hydrogen) atoms. The Morgan fingerprint density at radius 2 is 2.09 bits per heavy atom. The topological polar surface area (TPSA) is 58.6 Å². The van der Waals surface area contributed by atoms with Crippen molar-refractivity contribution in [2.45, 2.75) is 38.2 Å². The fraction of sp³-hybridized carbons (Fsp3) is 0.588. The zero-order chi connectivity index (χ0) is 16.2. The first kappa shape index (κ1) is 16.9. The predicted octanol–water partition coefficient (Wildman–Crippen LogP) is 2.01. The monoisotopic (exact) mass is 309 g/mol. The van der Waals surface area contributed by atoms with E-state index in [1.807, 2.05) is 13.8 Å². The van der Waals surface area contributed by atoms with Crippen molar-refractivity contribution < 1.29 is 19.0 Å². The first-order valence-electron chi connectivity index (χ1n) is 7.76. The Bertz CT molecular complexity index is 512. The van der Waals surface area contributed by atoms with Gasteiger partial charge in [0.25, 0.3) is 0 Å². The molecule has 4 nitrogen and oxygen atoms in total. The van der Waals surface area contributed by atoms with Gasteiger partial charge >= 0.3 is 0 Å². The van der Waals surface area contributed by atoms with E-state index < -0.39 is 11.5 Å². The van der Waals surface area contributed by atoms with Gasteiger partial charge in [0.05, 0.1) is 11.5 Å². The number of nitrogens with one attached hydrogen (secondary N) is 1. The van der Waals surface area contributed by atoms with Crippen molar-refractivity contribution >= 4 is 5.91 Å². The van der Waals surface area contributed by atoms with Gasteiger partial charge in [0, 0.05) is 19.8 Å². The average molecular weight is 309 g/mol. The van der Waals surface area contributed by atoms with Gasteiger partial charge in [-0.25, -0.2) is 4.39 Å². The first-order chi connectivity index (χ1) is 10.5. The second-order valence-corrected chi connectivity index (χ2v) is 6.23. The first-order valence-corrected chi connectivity index (χ1v) is 7.76. The summed E-state index contributed by atoms with van der Waals surface area (Å²) in [4.78, 5) is 12.8. The van der Waals surface area contributed by atoms with Crippen LogP contribution in [0.2, 0.25) is 0 Å². The van der Waals surface area contributed by atoms with Crippen molar-refractivity contribution in [2.75, 3.05) is 19.8 Å². The lowest BCUT2D eigenvalue weighted by atomic mass is 9.73. The van der Waals surface area contributed by atoms with Gasteiger partial charge in [0.15, 0.2) is 0 Å². The highest BCUT2D eigenvalue weighted by Gasteiger charge is 2.41. The Morgan fingerprint density at radius 1 is 1.41 bits per heavy atom. The molecule has 1 aliphatic heterocycles. The second-order valence-electron chi connectivity index (χ2n) is 6.23. The number of hydrogen-bond donors (Lipinski definition) is 2. The molecule has 1 aromatic carbocycles. The van der Waals surface area contributed by atoms with Crippen molar-refractivity contribution in [3.8, 4) is 0 Å². The molecule has 0 radical (unpaired) electrons. The van der Waals surface area contributed by atoms with Crippen LogP contribution >= 0.6 is 0 Å². The van der Waals surface area contributed by atoms with Crippen LogP contribution in [-0.4, -0.2) is 36.9 Å². The number of rotatable bonds is 5. The third-order valence-electron chi connectivity index (χ3n) is 4.40. The lowest BCUT2D eigenvalue weighted by molar-refractivity contribution is -0.131. The molecule has 1 heterocycles. The minimum Gasteiger partial charge on any atom is -0.391 e. The van der Waals surface area contributed by atoms with Crippen molar-refractivity contribution in [1.29, 1.82) is 0 Å². The van der Waals surface area contributed by atoms with E-state index in [0.717, 1.165) is 0 Å². The van der Waals surface area contributed by atoms with Crippen LogP contribution in [0, 0.1) is 11.7 Å². The molecule has 0 bridgehead atoms. The van der Waals surface area contributed by atoms with E-state index in [0.29, 0.717) is 31.6 Å². The second kappa shape index (κ2) is 7.20. The standard InChI is InChI=1S/C17H24FNO3/c1-12(2)15(20)11-19-16(21)17(6-8-22-9-7-17)13-4-3-5-14(18)10-13/h3-5,10,12,15,20H,6-9,11H2,1-2H3,(H,19,21). The summed E-state index contributed by atoms with van der Waals surface area (Å²) in [6.45, 7) is 4.93. The van der Waals surface area contributed by atoms with Gasteiger partial charge in [-0.3, -0.25) is 4.79 Å². The Labute approximate surface area is 130 Å². The van der Waals surface area contributed by atoms with Gasteiger partial charge in [-0.1, -0.05) is 26.0 Å². The molecule has 0 aromatic heterocycles. The Hall–Kier alpha value is -1.46. The molecular formula is C17H24FNO3. The molecule has 2 rings (SSSR count). The largest absolute Gasteiger partial charge is 0.391 e. The summed E-state index contributed by atoms with van der Waals surface area (Å²) in [6, 6.07) is 6.20. The van der Waals surface area contributed by atoms with Crippen molar-refractivity contribution in [3.05, 3.63) is 35.6 Å². The Morgan fingerprint density at radius 3 is 2.68 bits per heavy atom. The Kier molecular flexibility index (Phi) is 5.53. The molecule has 0 aliphatic carbocycles. The molecule has 1 aromatic rings. The molecule has 0 saturated carbocycles. The number of aliphatic hydroxyl groups is 1.